The number of hydrogen-bond acceptors (Lipinski definition) is 2. The summed E-state index contributed by atoms with van der Waals surface area (Å²) in [5.41, 5.74) is 0.988. The van der Waals surface area contributed by atoms with Crippen molar-refractivity contribution in [2.75, 3.05) is 18.4 Å². The van der Waals surface area contributed by atoms with Gasteiger partial charge in [-0.2, -0.15) is 13.2 Å². The summed E-state index contributed by atoms with van der Waals surface area (Å²) in [6.07, 6.45) is -3.19. The Morgan fingerprint density at radius 2 is 1.69 bits per heavy atom. The van der Waals surface area contributed by atoms with Crippen LogP contribution in [0.2, 0.25) is 0 Å². The summed E-state index contributed by atoms with van der Waals surface area (Å²) in [6.45, 7) is 0.895. The maximum Gasteiger partial charge on any atom is 0.416 e. The third-order valence-corrected chi connectivity index (χ3v) is 5.20. The number of aromatic amines is 1. The van der Waals surface area contributed by atoms with E-state index in [1.807, 2.05) is 24.3 Å². The lowest BCUT2D eigenvalue weighted by Crippen LogP contribution is -2.42. The van der Waals surface area contributed by atoms with Gasteiger partial charge in [0.1, 0.15) is 0 Å². The number of anilines is 1. The molecule has 4 rings (SSSR count). The Morgan fingerprint density at radius 3 is 2.34 bits per heavy atom. The molecule has 3 aromatic rings. The molecule has 1 aromatic heterocycles. The molecule has 0 unspecified atom stereocenters. The SMILES string of the molecule is O=C(Nc1ccc(C(F)(F)F)cc1)N1CCC(n2c(=O)[nH]c3ccccc32)CC1. The first-order valence-electron chi connectivity index (χ1n) is 9.25. The Hall–Kier alpha value is -3.23. The second-order valence-electron chi connectivity index (χ2n) is 7.04. The minimum Gasteiger partial charge on any atom is -0.324 e. The average Bonchev–Trinajstić information content (AvgIpc) is 3.03. The fourth-order valence-corrected chi connectivity index (χ4v) is 3.71. The summed E-state index contributed by atoms with van der Waals surface area (Å²) in [5, 5.41) is 2.63. The first-order chi connectivity index (χ1) is 13.8. The second kappa shape index (κ2) is 7.31. The number of hydrogen-bond donors (Lipinski definition) is 2. The number of alkyl halides is 3. The molecular formula is C20H19F3N4O2. The van der Waals surface area contributed by atoms with Crippen LogP contribution >= 0.6 is 0 Å². The number of fused-ring (bicyclic) bond motifs is 1. The van der Waals surface area contributed by atoms with Crippen LogP contribution in [0, 0.1) is 0 Å². The number of likely N-dealkylation sites (tertiary alicyclic amines) is 1. The number of halogens is 3. The van der Waals surface area contributed by atoms with Crippen LogP contribution < -0.4 is 11.0 Å². The molecule has 0 aliphatic carbocycles. The number of nitrogens with zero attached hydrogens (tertiary/aromatic N) is 2. The molecule has 0 atom stereocenters. The lowest BCUT2D eigenvalue weighted by Gasteiger charge is -2.32. The van der Waals surface area contributed by atoms with Gasteiger partial charge in [-0.25, -0.2) is 9.59 Å². The van der Waals surface area contributed by atoms with Crippen molar-refractivity contribution in [3.8, 4) is 0 Å². The molecule has 2 aromatic carbocycles. The second-order valence-corrected chi connectivity index (χ2v) is 7.04. The molecule has 2 N–H and O–H groups in total. The number of amides is 2. The van der Waals surface area contributed by atoms with Gasteiger partial charge >= 0.3 is 17.9 Å². The predicted molar refractivity (Wildman–Crippen MR) is 103 cm³/mol. The number of para-hydroxylation sites is 2. The van der Waals surface area contributed by atoms with Crippen LogP contribution in [0.15, 0.2) is 53.3 Å². The van der Waals surface area contributed by atoms with Crippen LogP contribution in [-0.4, -0.2) is 33.6 Å². The van der Waals surface area contributed by atoms with E-state index in [1.54, 1.807) is 9.47 Å². The molecule has 1 aliphatic heterocycles. The van der Waals surface area contributed by atoms with Crippen LogP contribution in [0.3, 0.4) is 0 Å². The van der Waals surface area contributed by atoms with Crippen molar-refractivity contribution in [1.29, 1.82) is 0 Å². The molecule has 1 fully saturated rings. The van der Waals surface area contributed by atoms with E-state index < -0.39 is 11.7 Å². The summed E-state index contributed by atoms with van der Waals surface area (Å²) in [4.78, 5) is 29.2. The van der Waals surface area contributed by atoms with Gasteiger partial charge in [0.05, 0.1) is 16.6 Å². The number of benzene rings is 2. The molecule has 2 amide bonds. The Bertz CT molecular complexity index is 1080. The summed E-state index contributed by atoms with van der Waals surface area (Å²) < 4.78 is 39.6. The Labute approximate surface area is 163 Å². The molecule has 152 valence electrons. The van der Waals surface area contributed by atoms with Gasteiger partial charge in [0.25, 0.3) is 0 Å². The molecule has 1 saturated heterocycles. The van der Waals surface area contributed by atoms with E-state index in [0.29, 0.717) is 31.6 Å². The zero-order valence-electron chi connectivity index (χ0n) is 15.4. The molecule has 1 aliphatic rings. The Morgan fingerprint density at radius 1 is 1.03 bits per heavy atom. The Kier molecular flexibility index (Phi) is 4.81. The van der Waals surface area contributed by atoms with Crippen LogP contribution in [0.1, 0.15) is 24.4 Å². The quantitative estimate of drug-likeness (QED) is 0.672. The van der Waals surface area contributed by atoms with Gasteiger partial charge in [-0.1, -0.05) is 12.1 Å². The van der Waals surface area contributed by atoms with E-state index in [2.05, 4.69) is 10.3 Å². The van der Waals surface area contributed by atoms with Gasteiger partial charge in [0.15, 0.2) is 0 Å². The fourth-order valence-electron chi connectivity index (χ4n) is 3.71. The highest BCUT2D eigenvalue weighted by atomic mass is 19.4. The van der Waals surface area contributed by atoms with Gasteiger partial charge in [-0.15, -0.1) is 0 Å². The van der Waals surface area contributed by atoms with Crippen molar-refractivity contribution in [3.63, 3.8) is 0 Å². The number of imidazole rings is 1. The molecule has 0 spiro atoms. The number of carbonyl (C=O) groups is 1. The maximum atomic E-state index is 12.6. The van der Waals surface area contributed by atoms with E-state index in [0.717, 1.165) is 23.2 Å². The summed E-state index contributed by atoms with van der Waals surface area (Å²) >= 11 is 0. The summed E-state index contributed by atoms with van der Waals surface area (Å²) in [7, 11) is 0. The highest BCUT2D eigenvalue weighted by molar-refractivity contribution is 5.89. The number of aromatic nitrogens is 2. The van der Waals surface area contributed by atoms with Crippen LogP contribution in [0.5, 0.6) is 0 Å². The number of piperidine rings is 1. The van der Waals surface area contributed by atoms with Crippen molar-refractivity contribution in [2.45, 2.75) is 25.1 Å². The number of urea groups is 1. The first-order valence-corrected chi connectivity index (χ1v) is 9.25. The minimum absolute atomic E-state index is 0.0197. The van der Waals surface area contributed by atoms with Crippen LogP contribution in [0.25, 0.3) is 11.0 Å². The lowest BCUT2D eigenvalue weighted by atomic mass is 10.0. The average molecular weight is 404 g/mol. The third-order valence-electron chi connectivity index (χ3n) is 5.20. The molecular weight excluding hydrogens is 385 g/mol. The standard InChI is InChI=1S/C20H19F3N4O2/c21-20(22,23)13-5-7-14(8-6-13)24-18(28)26-11-9-15(10-12-26)27-17-4-2-1-3-16(17)25-19(27)29/h1-8,15H,9-12H2,(H,24,28)(H,25,29). The normalized spacial score (nSPS) is 15.6. The minimum atomic E-state index is -4.41. The van der Waals surface area contributed by atoms with E-state index in [4.69, 9.17) is 0 Å². The van der Waals surface area contributed by atoms with E-state index in [-0.39, 0.29) is 17.8 Å². The van der Waals surface area contributed by atoms with Crippen LogP contribution in [0.4, 0.5) is 23.7 Å². The zero-order chi connectivity index (χ0) is 20.6. The van der Waals surface area contributed by atoms with Crippen molar-refractivity contribution in [1.82, 2.24) is 14.5 Å². The van der Waals surface area contributed by atoms with Crippen molar-refractivity contribution in [2.24, 2.45) is 0 Å². The molecule has 0 radical (unpaired) electrons. The molecule has 0 bridgehead atoms. The highest BCUT2D eigenvalue weighted by Gasteiger charge is 2.30. The molecule has 9 heteroatoms. The fraction of sp³-hybridized carbons (Fsp3) is 0.300. The third kappa shape index (κ3) is 3.85. The number of carbonyl (C=O) groups excluding carboxylic acids is 1. The van der Waals surface area contributed by atoms with Crippen molar-refractivity contribution < 1.29 is 18.0 Å². The molecule has 0 saturated carbocycles. The van der Waals surface area contributed by atoms with Gasteiger partial charge < -0.3 is 15.2 Å². The van der Waals surface area contributed by atoms with Gasteiger partial charge in [-0.05, 0) is 49.2 Å². The summed E-state index contributed by atoms with van der Waals surface area (Å²) in [5.74, 6) is 0. The van der Waals surface area contributed by atoms with Gasteiger partial charge in [0, 0.05) is 24.8 Å². The van der Waals surface area contributed by atoms with E-state index >= 15 is 0 Å². The number of rotatable bonds is 2. The molecule has 2 heterocycles. The molecule has 29 heavy (non-hydrogen) atoms. The van der Waals surface area contributed by atoms with Crippen molar-refractivity contribution >= 4 is 22.8 Å². The molecule has 6 nitrogen and oxygen atoms in total. The largest absolute Gasteiger partial charge is 0.416 e. The number of nitrogens with one attached hydrogen (secondary N) is 2. The summed E-state index contributed by atoms with van der Waals surface area (Å²) in [6, 6.07) is 11.4. The van der Waals surface area contributed by atoms with Crippen LogP contribution in [-0.2, 0) is 6.18 Å². The van der Waals surface area contributed by atoms with Gasteiger partial charge in [0.2, 0.25) is 0 Å². The van der Waals surface area contributed by atoms with E-state index in [9.17, 15) is 22.8 Å². The van der Waals surface area contributed by atoms with E-state index in [1.165, 1.54) is 12.1 Å². The van der Waals surface area contributed by atoms with Crippen molar-refractivity contribution in [3.05, 3.63) is 64.6 Å². The topological polar surface area (TPSA) is 70.1 Å². The lowest BCUT2D eigenvalue weighted by molar-refractivity contribution is -0.137. The van der Waals surface area contributed by atoms with Gasteiger partial charge in [-0.3, -0.25) is 4.57 Å². The smallest absolute Gasteiger partial charge is 0.324 e. The number of H-pyrrole nitrogens is 1. The Balaban J connectivity index is 1.40. The predicted octanol–water partition coefficient (Wildman–Crippen LogP) is 4.22. The zero-order valence-corrected chi connectivity index (χ0v) is 15.4. The monoisotopic (exact) mass is 404 g/mol. The first kappa shape index (κ1) is 19.1. The highest BCUT2D eigenvalue weighted by Crippen LogP contribution is 2.30. The maximum absolute atomic E-state index is 12.6.